The van der Waals surface area contributed by atoms with Gasteiger partial charge in [0.25, 0.3) is 0 Å². The van der Waals surface area contributed by atoms with Gasteiger partial charge in [0.2, 0.25) is 10.0 Å². The van der Waals surface area contributed by atoms with E-state index in [-0.39, 0.29) is 12.3 Å². The van der Waals surface area contributed by atoms with Gasteiger partial charge in [-0.15, -0.1) is 0 Å². The van der Waals surface area contributed by atoms with Crippen LogP contribution in [0.25, 0.3) is 0 Å². The van der Waals surface area contributed by atoms with Crippen LogP contribution in [-0.4, -0.2) is 20.7 Å². The smallest absolute Gasteiger partial charge is 0.210 e. The maximum Gasteiger partial charge on any atom is 0.210 e. The number of nitriles is 1. The highest BCUT2D eigenvalue weighted by atomic mass is 32.2. The Hall–Kier alpha value is -1.78. The average molecular weight is 240 g/mol. The first-order chi connectivity index (χ1) is 7.42. The predicted octanol–water partition coefficient (Wildman–Crippen LogP) is -0.159. The molecule has 1 aromatic carbocycles. The number of nitrogens with two attached hydrogens (primary N) is 2. The van der Waals surface area contributed by atoms with Crippen LogP contribution >= 0.6 is 0 Å². The molecule has 0 heterocycles. The minimum atomic E-state index is -3.46. The number of anilines is 2. The van der Waals surface area contributed by atoms with Gasteiger partial charge in [-0.25, -0.2) is 13.6 Å². The number of hydrogen-bond donors (Lipinski definition) is 3. The van der Waals surface area contributed by atoms with Crippen LogP contribution in [0.15, 0.2) is 18.2 Å². The summed E-state index contributed by atoms with van der Waals surface area (Å²) in [7, 11) is -3.46. The minimum absolute atomic E-state index is 0.160. The summed E-state index contributed by atoms with van der Waals surface area (Å²) in [5, 5.41) is 16.3. The van der Waals surface area contributed by atoms with Crippen LogP contribution in [0, 0.1) is 11.3 Å². The van der Waals surface area contributed by atoms with Crippen LogP contribution in [0.1, 0.15) is 5.56 Å². The molecule has 5 N–H and O–H groups in total. The number of nitrogens with zero attached hydrogens (tertiary/aromatic N) is 1. The van der Waals surface area contributed by atoms with Gasteiger partial charge in [-0.05, 0) is 18.2 Å². The average Bonchev–Trinajstić information content (AvgIpc) is 2.16. The topological polar surface area (TPSA) is 122 Å². The molecular formula is C9H12N4O2S. The summed E-state index contributed by atoms with van der Waals surface area (Å²) in [6.45, 7) is 0.199. The van der Waals surface area contributed by atoms with Crippen molar-refractivity contribution in [2.45, 2.75) is 0 Å². The number of benzene rings is 1. The molecular weight excluding hydrogens is 228 g/mol. The van der Waals surface area contributed by atoms with E-state index in [1.54, 1.807) is 18.2 Å². The van der Waals surface area contributed by atoms with Crippen molar-refractivity contribution in [1.82, 2.24) is 0 Å². The predicted molar refractivity (Wildman–Crippen MR) is 62.0 cm³/mol. The third-order valence-electron chi connectivity index (χ3n) is 1.89. The molecule has 86 valence electrons. The summed E-state index contributed by atoms with van der Waals surface area (Å²) in [6.07, 6.45) is 0. The zero-order valence-corrected chi connectivity index (χ0v) is 9.29. The lowest BCUT2D eigenvalue weighted by atomic mass is 10.2. The minimum Gasteiger partial charge on any atom is -0.398 e. The Kier molecular flexibility index (Phi) is 3.71. The molecule has 0 amide bonds. The molecule has 0 aliphatic heterocycles. The van der Waals surface area contributed by atoms with Crippen LogP contribution < -0.4 is 16.2 Å². The van der Waals surface area contributed by atoms with Gasteiger partial charge in [-0.1, -0.05) is 0 Å². The molecule has 6 nitrogen and oxygen atoms in total. The van der Waals surface area contributed by atoms with Crippen molar-refractivity contribution >= 4 is 21.4 Å². The molecule has 0 radical (unpaired) electrons. The second kappa shape index (κ2) is 4.83. The summed E-state index contributed by atoms with van der Waals surface area (Å²) >= 11 is 0. The molecule has 0 fully saturated rings. The Balaban J connectivity index is 2.63. The van der Waals surface area contributed by atoms with Crippen molar-refractivity contribution < 1.29 is 8.42 Å². The van der Waals surface area contributed by atoms with E-state index >= 15 is 0 Å². The molecule has 0 atom stereocenters. The van der Waals surface area contributed by atoms with Crippen LogP contribution in [0.2, 0.25) is 0 Å². The Morgan fingerprint density at radius 1 is 1.44 bits per heavy atom. The second-order valence-corrected chi connectivity index (χ2v) is 4.94. The number of primary sulfonamides is 1. The maximum atomic E-state index is 10.7. The van der Waals surface area contributed by atoms with Gasteiger partial charge >= 0.3 is 0 Å². The third-order valence-corrected chi connectivity index (χ3v) is 2.66. The Bertz CT molecular complexity index is 519. The van der Waals surface area contributed by atoms with E-state index in [9.17, 15) is 8.42 Å². The second-order valence-electron chi connectivity index (χ2n) is 3.21. The van der Waals surface area contributed by atoms with Gasteiger partial charge in [0.15, 0.2) is 0 Å². The van der Waals surface area contributed by atoms with Crippen LogP contribution in [0.5, 0.6) is 0 Å². The van der Waals surface area contributed by atoms with Crippen LogP contribution in [-0.2, 0) is 10.0 Å². The lowest BCUT2D eigenvalue weighted by Gasteiger charge is -2.06. The lowest BCUT2D eigenvalue weighted by molar-refractivity contribution is 0.598. The fraction of sp³-hybridized carbons (Fsp3) is 0.222. The van der Waals surface area contributed by atoms with Crippen molar-refractivity contribution in [2.24, 2.45) is 5.14 Å². The molecule has 0 aromatic heterocycles. The van der Waals surface area contributed by atoms with Gasteiger partial charge in [-0.3, -0.25) is 0 Å². The summed E-state index contributed by atoms with van der Waals surface area (Å²) in [5.41, 5.74) is 6.97. The van der Waals surface area contributed by atoms with Crippen molar-refractivity contribution in [3.8, 4) is 6.07 Å². The van der Waals surface area contributed by atoms with E-state index in [1.165, 1.54) is 0 Å². The number of rotatable bonds is 4. The molecule has 16 heavy (non-hydrogen) atoms. The van der Waals surface area contributed by atoms with E-state index in [0.717, 1.165) is 0 Å². The molecule has 0 spiro atoms. The quantitative estimate of drug-likeness (QED) is 0.631. The molecule has 0 aliphatic carbocycles. The molecule has 1 aromatic rings. The maximum absolute atomic E-state index is 10.7. The first-order valence-corrected chi connectivity index (χ1v) is 6.18. The normalized spacial score (nSPS) is 10.8. The van der Waals surface area contributed by atoms with E-state index in [2.05, 4.69) is 5.32 Å². The highest BCUT2D eigenvalue weighted by Gasteiger charge is 2.03. The number of sulfonamides is 1. The fourth-order valence-corrected chi connectivity index (χ4v) is 1.50. The van der Waals surface area contributed by atoms with Crippen molar-refractivity contribution in [3.63, 3.8) is 0 Å². The van der Waals surface area contributed by atoms with E-state index < -0.39 is 10.0 Å². The van der Waals surface area contributed by atoms with Crippen LogP contribution in [0.4, 0.5) is 11.4 Å². The SMILES string of the molecule is N#Cc1ccc(NCCS(N)(=O)=O)cc1N. The Morgan fingerprint density at radius 2 is 2.12 bits per heavy atom. The van der Waals surface area contributed by atoms with Gasteiger partial charge in [0, 0.05) is 12.2 Å². The lowest BCUT2D eigenvalue weighted by Crippen LogP contribution is -2.22. The van der Waals surface area contributed by atoms with Crippen molar-refractivity contribution in [2.75, 3.05) is 23.3 Å². The van der Waals surface area contributed by atoms with Gasteiger partial charge in [-0.2, -0.15) is 5.26 Å². The zero-order chi connectivity index (χ0) is 12.2. The zero-order valence-electron chi connectivity index (χ0n) is 8.47. The highest BCUT2D eigenvalue weighted by molar-refractivity contribution is 7.89. The van der Waals surface area contributed by atoms with Crippen molar-refractivity contribution in [1.29, 1.82) is 5.26 Å². The molecule has 7 heteroatoms. The van der Waals surface area contributed by atoms with Crippen molar-refractivity contribution in [3.05, 3.63) is 23.8 Å². The molecule has 1 rings (SSSR count). The standard InChI is InChI=1S/C9H12N4O2S/c10-6-7-1-2-8(5-9(7)11)13-3-4-16(12,14)15/h1-2,5,13H,3-4,11H2,(H2,12,14,15). The number of nitrogen functional groups attached to an aromatic ring is 1. The fourth-order valence-electron chi connectivity index (χ4n) is 1.11. The molecule has 0 unspecified atom stereocenters. The monoisotopic (exact) mass is 240 g/mol. The van der Waals surface area contributed by atoms with Gasteiger partial charge in [0.1, 0.15) is 6.07 Å². The summed E-state index contributed by atoms with van der Waals surface area (Å²) in [6, 6.07) is 6.72. The summed E-state index contributed by atoms with van der Waals surface area (Å²) in [5.74, 6) is -0.160. The Morgan fingerprint density at radius 3 is 2.62 bits per heavy atom. The largest absolute Gasteiger partial charge is 0.398 e. The van der Waals surface area contributed by atoms with Gasteiger partial charge < -0.3 is 11.1 Å². The molecule has 0 bridgehead atoms. The molecule has 0 saturated heterocycles. The van der Waals surface area contributed by atoms with Crippen LogP contribution in [0.3, 0.4) is 0 Å². The summed E-state index contributed by atoms with van der Waals surface area (Å²) < 4.78 is 21.3. The molecule has 0 aliphatic rings. The number of nitrogens with one attached hydrogen (secondary N) is 1. The Labute approximate surface area is 93.9 Å². The first-order valence-electron chi connectivity index (χ1n) is 4.46. The number of hydrogen-bond acceptors (Lipinski definition) is 5. The van der Waals surface area contributed by atoms with E-state index in [1.807, 2.05) is 6.07 Å². The highest BCUT2D eigenvalue weighted by Crippen LogP contribution is 2.16. The first kappa shape index (κ1) is 12.3. The third kappa shape index (κ3) is 3.76. The van der Waals surface area contributed by atoms with E-state index in [0.29, 0.717) is 16.9 Å². The summed E-state index contributed by atoms with van der Waals surface area (Å²) in [4.78, 5) is 0. The van der Waals surface area contributed by atoms with Gasteiger partial charge in [0.05, 0.1) is 17.0 Å². The molecule has 0 saturated carbocycles. The van der Waals surface area contributed by atoms with E-state index in [4.69, 9.17) is 16.1 Å².